The number of nitrogens with zero attached hydrogens (tertiary/aromatic N) is 2. The second-order valence-electron chi connectivity index (χ2n) is 3.43. The molecule has 0 aliphatic carbocycles. The molecule has 2 aromatic rings. The molecule has 3 nitrogen and oxygen atoms in total. The van der Waals surface area contributed by atoms with Gasteiger partial charge in [-0.1, -0.05) is 12.1 Å². The van der Waals surface area contributed by atoms with E-state index in [0.717, 1.165) is 23.9 Å². The summed E-state index contributed by atoms with van der Waals surface area (Å²) in [6, 6.07) is 4.23. The molecule has 0 amide bonds. The predicted octanol–water partition coefficient (Wildman–Crippen LogP) is 2.61. The van der Waals surface area contributed by atoms with Crippen LogP contribution >= 0.6 is 11.7 Å². The van der Waals surface area contributed by atoms with Gasteiger partial charge in [-0.15, -0.1) is 0 Å². The fourth-order valence-corrected chi connectivity index (χ4v) is 1.85. The number of nitrogens with two attached hydrogens (primary N) is 1. The largest absolute Gasteiger partial charge is 0.416 e. The molecule has 0 aliphatic heterocycles. The molecule has 1 atom stereocenters. The second kappa shape index (κ2) is 4.42. The third kappa shape index (κ3) is 2.62. The molecule has 0 fully saturated rings. The monoisotopic (exact) mass is 259 g/mol. The van der Waals surface area contributed by atoms with Gasteiger partial charge in [0.2, 0.25) is 0 Å². The molecule has 17 heavy (non-hydrogen) atoms. The number of benzene rings is 1. The predicted molar refractivity (Wildman–Crippen MR) is 57.4 cm³/mol. The molecular formula is C10H8F3N3S. The van der Waals surface area contributed by atoms with Gasteiger partial charge in [0.05, 0.1) is 35.2 Å². The number of hydrogen-bond donors (Lipinski definition) is 1. The fourth-order valence-electron chi connectivity index (χ4n) is 1.39. The molecule has 1 heterocycles. The van der Waals surface area contributed by atoms with E-state index in [-0.39, 0.29) is 0 Å². The lowest BCUT2D eigenvalue weighted by Crippen LogP contribution is -2.14. The third-order valence-corrected chi connectivity index (χ3v) is 2.76. The van der Waals surface area contributed by atoms with Crippen LogP contribution in [0.1, 0.15) is 22.9 Å². The summed E-state index contributed by atoms with van der Waals surface area (Å²) in [5, 5.41) is 0. The van der Waals surface area contributed by atoms with Crippen molar-refractivity contribution in [3.63, 3.8) is 0 Å². The Bertz CT molecular complexity index is 496. The zero-order chi connectivity index (χ0) is 12.5. The molecule has 1 aromatic carbocycles. The molecule has 0 spiro atoms. The fraction of sp³-hybridized carbons (Fsp3) is 0.200. The Morgan fingerprint density at radius 1 is 1.29 bits per heavy atom. The number of halogens is 3. The van der Waals surface area contributed by atoms with Gasteiger partial charge < -0.3 is 5.73 Å². The molecule has 7 heteroatoms. The van der Waals surface area contributed by atoms with Crippen molar-refractivity contribution >= 4 is 11.7 Å². The number of rotatable bonds is 2. The Balaban J connectivity index is 2.34. The quantitative estimate of drug-likeness (QED) is 0.901. The maximum atomic E-state index is 12.5. The van der Waals surface area contributed by atoms with Crippen LogP contribution in [0.3, 0.4) is 0 Å². The van der Waals surface area contributed by atoms with Crippen LogP contribution in [0.15, 0.2) is 30.5 Å². The van der Waals surface area contributed by atoms with Gasteiger partial charge in [-0.25, -0.2) is 0 Å². The molecule has 2 rings (SSSR count). The highest BCUT2D eigenvalue weighted by Crippen LogP contribution is 2.31. The molecule has 0 saturated heterocycles. The summed E-state index contributed by atoms with van der Waals surface area (Å²) in [7, 11) is 0. The Morgan fingerprint density at radius 3 is 2.65 bits per heavy atom. The highest BCUT2D eigenvalue weighted by atomic mass is 32.1. The normalized spacial score (nSPS) is 13.6. The van der Waals surface area contributed by atoms with Gasteiger partial charge in [0.1, 0.15) is 0 Å². The van der Waals surface area contributed by atoms with E-state index in [1.54, 1.807) is 6.07 Å². The zero-order valence-electron chi connectivity index (χ0n) is 8.48. The highest BCUT2D eigenvalue weighted by molar-refractivity contribution is 6.99. The van der Waals surface area contributed by atoms with Gasteiger partial charge in [-0.05, 0) is 17.7 Å². The van der Waals surface area contributed by atoms with E-state index in [9.17, 15) is 13.2 Å². The maximum Gasteiger partial charge on any atom is 0.416 e. The lowest BCUT2D eigenvalue weighted by atomic mass is 10.0. The van der Waals surface area contributed by atoms with Crippen LogP contribution < -0.4 is 5.73 Å². The van der Waals surface area contributed by atoms with E-state index in [1.807, 2.05) is 0 Å². The van der Waals surface area contributed by atoms with E-state index in [4.69, 9.17) is 5.73 Å². The zero-order valence-corrected chi connectivity index (χ0v) is 9.29. The number of hydrogen-bond acceptors (Lipinski definition) is 4. The summed E-state index contributed by atoms with van der Waals surface area (Å²) >= 11 is 0.970. The summed E-state index contributed by atoms with van der Waals surface area (Å²) in [4.78, 5) is 0. The Hall–Kier alpha value is -1.47. The Kier molecular flexibility index (Phi) is 3.12. The highest BCUT2D eigenvalue weighted by Gasteiger charge is 2.30. The average Bonchev–Trinajstić information content (AvgIpc) is 2.80. The first-order chi connectivity index (χ1) is 7.98. The maximum absolute atomic E-state index is 12.5. The van der Waals surface area contributed by atoms with Crippen LogP contribution in [0.5, 0.6) is 0 Å². The van der Waals surface area contributed by atoms with Crippen molar-refractivity contribution in [2.45, 2.75) is 12.2 Å². The van der Waals surface area contributed by atoms with Crippen molar-refractivity contribution in [2.75, 3.05) is 0 Å². The molecule has 2 N–H and O–H groups in total. The standard InChI is InChI=1S/C10H8F3N3S/c11-10(12,13)7-3-1-2-6(4-7)9(14)8-5-15-17-16-8/h1-5,9H,14H2. The summed E-state index contributed by atoms with van der Waals surface area (Å²) in [6.07, 6.45) is -2.91. The topological polar surface area (TPSA) is 51.8 Å². The van der Waals surface area contributed by atoms with Gasteiger partial charge >= 0.3 is 6.18 Å². The minimum atomic E-state index is -4.37. The van der Waals surface area contributed by atoms with Gasteiger partial charge in [-0.2, -0.15) is 21.9 Å². The van der Waals surface area contributed by atoms with Crippen LogP contribution in [-0.2, 0) is 6.18 Å². The first-order valence-corrected chi connectivity index (χ1v) is 5.41. The average molecular weight is 259 g/mol. The molecular weight excluding hydrogens is 251 g/mol. The number of aromatic nitrogens is 2. The van der Waals surface area contributed by atoms with E-state index in [2.05, 4.69) is 8.75 Å². The van der Waals surface area contributed by atoms with Gasteiger partial charge in [-0.3, -0.25) is 0 Å². The SMILES string of the molecule is NC(c1cccc(C(F)(F)F)c1)c1cnsn1. The van der Waals surface area contributed by atoms with E-state index >= 15 is 0 Å². The van der Waals surface area contributed by atoms with Gasteiger partial charge in [0.25, 0.3) is 0 Å². The van der Waals surface area contributed by atoms with Gasteiger partial charge in [0.15, 0.2) is 0 Å². The van der Waals surface area contributed by atoms with Crippen molar-refractivity contribution < 1.29 is 13.2 Å². The smallest absolute Gasteiger partial charge is 0.319 e. The molecule has 0 bridgehead atoms. The van der Waals surface area contributed by atoms with Crippen LogP contribution in [0.2, 0.25) is 0 Å². The Morgan fingerprint density at radius 2 is 2.06 bits per heavy atom. The molecule has 0 aliphatic rings. The van der Waals surface area contributed by atoms with Crippen LogP contribution in [-0.4, -0.2) is 8.75 Å². The van der Waals surface area contributed by atoms with E-state index in [1.165, 1.54) is 12.3 Å². The van der Waals surface area contributed by atoms with Crippen molar-refractivity contribution in [2.24, 2.45) is 5.73 Å². The summed E-state index contributed by atoms with van der Waals surface area (Å²) < 4.78 is 45.2. The molecule has 0 saturated carbocycles. The molecule has 0 radical (unpaired) electrons. The molecule has 1 aromatic heterocycles. The minimum absolute atomic E-state index is 0.368. The van der Waals surface area contributed by atoms with Gasteiger partial charge in [0, 0.05) is 0 Å². The summed E-state index contributed by atoms with van der Waals surface area (Å²) in [5.41, 5.74) is 5.93. The third-order valence-electron chi connectivity index (χ3n) is 2.27. The van der Waals surface area contributed by atoms with Crippen molar-refractivity contribution in [3.05, 3.63) is 47.3 Å². The lowest BCUT2D eigenvalue weighted by molar-refractivity contribution is -0.137. The van der Waals surface area contributed by atoms with E-state index < -0.39 is 17.8 Å². The Labute approximate surface area is 99.4 Å². The minimum Gasteiger partial charge on any atom is -0.319 e. The summed E-state index contributed by atoms with van der Waals surface area (Å²) in [5.74, 6) is 0. The number of alkyl halides is 3. The van der Waals surface area contributed by atoms with Crippen molar-refractivity contribution in [1.82, 2.24) is 8.75 Å². The van der Waals surface area contributed by atoms with Crippen LogP contribution in [0.4, 0.5) is 13.2 Å². The second-order valence-corrected chi connectivity index (χ2v) is 3.99. The first kappa shape index (κ1) is 12.0. The first-order valence-electron chi connectivity index (χ1n) is 4.68. The molecule has 1 unspecified atom stereocenters. The van der Waals surface area contributed by atoms with Crippen molar-refractivity contribution in [3.8, 4) is 0 Å². The summed E-state index contributed by atoms with van der Waals surface area (Å²) in [6.45, 7) is 0. The van der Waals surface area contributed by atoms with Crippen LogP contribution in [0, 0.1) is 0 Å². The molecule has 90 valence electrons. The lowest BCUT2D eigenvalue weighted by Gasteiger charge is -2.12. The van der Waals surface area contributed by atoms with Crippen molar-refractivity contribution in [1.29, 1.82) is 0 Å². The van der Waals surface area contributed by atoms with Crippen LogP contribution in [0.25, 0.3) is 0 Å². The van der Waals surface area contributed by atoms with E-state index in [0.29, 0.717) is 11.3 Å².